The number of carbonyl (C=O) groups excluding carboxylic acids is 1. The Balaban J connectivity index is 2.31. The van der Waals surface area contributed by atoms with Crippen LogP contribution in [0.4, 0.5) is 0 Å². The van der Waals surface area contributed by atoms with E-state index in [-0.39, 0.29) is 6.61 Å². The summed E-state index contributed by atoms with van der Waals surface area (Å²) in [4.78, 5) is 11.6. The van der Waals surface area contributed by atoms with Crippen molar-refractivity contribution in [1.82, 2.24) is 9.78 Å². The maximum absolute atomic E-state index is 11.6. The van der Waals surface area contributed by atoms with Gasteiger partial charge >= 0.3 is 5.97 Å². The van der Waals surface area contributed by atoms with Crippen molar-refractivity contribution in [2.24, 2.45) is 0 Å². The minimum absolute atomic E-state index is 0.203. The second kappa shape index (κ2) is 5.46. The molecular formula is C13H14N2O3. The molecule has 0 amide bonds. The molecule has 2 rings (SSSR count). The first-order valence-electron chi connectivity index (χ1n) is 5.54. The number of nitrogens with zero attached hydrogens (tertiary/aromatic N) is 2. The summed E-state index contributed by atoms with van der Waals surface area (Å²) in [5.74, 6) is -0.460. The van der Waals surface area contributed by atoms with Crippen LogP contribution < -0.4 is 0 Å². The van der Waals surface area contributed by atoms with Gasteiger partial charge < -0.3 is 9.84 Å². The lowest BCUT2D eigenvalue weighted by Gasteiger charge is -2.05. The molecule has 0 aliphatic rings. The highest BCUT2D eigenvalue weighted by Crippen LogP contribution is 2.10. The highest BCUT2D eigenvalue weighted by atomic mass is 16.5. The van der Waals surface area contributed by atoms with E-state index in [2.05, 4.69) is 5.10 Å². The number of methoxy groups -OCH3 is 1. The van der Waals surface area contributed by atoms with Crippen LogP contribution in [0.5, 0.6) is 0 Å². The molecule has 0 unspecified atom stereocenters. The molecule has 2 aromatic rings. The van der Waals surface area contributed by atoms with E-state index in [9.17, 15) is 4.79 Å². The highest BCUT2D eigenvalue weighted by molar-refractivity contribution is 5.87. The molecule has 1 heterocycles. The Morgan fingerprint density at radius 3 is 2.72 bits per heavy atom. The number of ether oxygens (including phenoxy) is 1. The molecule has 1 N–H and O–H groups in total. The van der Waals surface area contributed by atoms with Gasteiger partial charge in [0.05, 0.1) is 26.0 Å². The number of esters is 1. The number of benzene rings is 1. The van der Waals surface area contributed by atoms with Crippen LogP contribution in [0.3, 0.4) is 0 Å². The first-order valence-corrected chi connectivity index (χ1v) is 5.54. The summed E-state index contributed by atoms with van der Waals surface area (Å²) in [5, 5.41) is 13.2. The van der Waals surface area contributed by atoms with Crippen molar-refractivity contribution in [1.29, 1.82) is 0 Å². The van der Waals surface area contributed by atoms with Gasteiger partial charge in [-0.05, 0) is 11.6 Å². The quantitative estimate of drug-likeness (QED) is 0.823. The lowest BCUT2D eigenvalue weighted by Crippen LogP contribution is -2.12. The predicted octanol–water partition coefficient (Wildman–Crippen LogP) is 1.21. The average Bonchev–Trinajstić information content (AvgIpc) is 2.82. The zero-order valence-electron chi connectivity index (χ0n) is 10.0. The molecule has 0 spiro atoms. The molecule has 0 aliphatic heterocycles. The Morgan fingerprint density at radius 1 is 1.39 bits per heavy atom. The number of aliphatic hydroxyl groups excluding tert-OH is 1. The van der Waals surface area contributed by atoms with Gasteiger partial charge in [-0.3, -0.25) is 4.68 Å². The smallest absolute Gasteiger partial charge is 0.356 e. The van der Waals surface area contributed by atoms with Crippen molar-refractivity contribution in [3.05, 3.63) is 53.3 Å². The molecule has 0 radical (unpaired) electrons. The van der Waals surface area contributed by atoms with E-state index in [1.54, 1.807) is 0 Å². The second-order valence-electron chi connectivity index (χ2n) is 3.81. The van der Waals surface area contributed by atoms with Crippen molar-refractivity contribution in [2.75, 3.05) is 7.11 Å². The third kappa shape index (κ3) is 2.57. The molecule has 0 aliphatic carbocycles. The van der Waals surface area contributed by atoms with Crippen molar-refractivity contribution in [3.8, 4) is 0 Å². The molecule has 1 aromatic carbocycles. The molecule has 0 fully saturated rings. The zero-order valence-corrected chi connectivity index (χ0v) is 10.0. The lowest BCUT2D eigenvalue weighted by molar-refractivity contribution is 0.0587. The summed E-state index contributed by atoms with van der Waals surface area (Å²) < 4.78 is 6.23. The summed E-state index contributed by atoms with van der Waals surface area (Å²) in [6.45, 7) is 0.261. The van der Waals surface area contributed by atoms with Crippen LogP contribution >= 0.6 is 0 Å². The molecule has 0 atom stereocenters. The lowest BCUT2D eigenvalue weighted by atomic mass is 10.2. The molecular weight excluding hydrogens is 232 g/mol. The summed E-state index contributed by atoms with van der Waals surface area (Å²) >= 11 is 0. The summed E-state index contributed by atoms with van der Waals surface area (Å²) in [6, 6.07) is 11.2. The zero-order chi connectivity index (χ0) is 13.0. The van der Waals surface area contributed by atoms with Crippen LogP contribution in [-0.4, -0.2) is 28.0 Å². The van der Waals surface area contributed by atoms with Gasteiger partial charge in [0.25, 0.3) is 0 Å². The Bertz CT molecular complexity index is 534. The topological polar surface area (TPSA) is 64.3 Å². The van der Waals surface area contributed by atoms with Gasteiger partial charge in [0.15, 0.2) is 0 Å². The van der Waals surface area contributed by atoms with E-state index >= 15 is 0 Å². The van der Waals surface area contributed by atoms with E-state index in [4.69, 9.17) is 9.84 Å². The molecule has 5 heteroatoms. The Hall–Kier alpha value is -2.14. The Morgan fingerprint density at radius 2 is 2.11 bits per heavy atom. The number of carbonyl (C=O) groups is 1. The molecule has 5 nitrogen and oxygen atoms in total. The SMILES string of the molecule is COC(=O)c1cc(CO)nn1Cc1ccccc1. The maximum atomic E-state index is 11.6. The number of aromatic nitrogens is 2. The normalized spacial score (nSPS) is 10.3. The molecule has 94 valence electrons. The second-order valence-corrected chi connectivity index (χ2v) is 3.81. The molecule has 18 heavy (non-hydrogen) atoms. The van der Waals surface area contributed by atoms with Crippen molar-refractivity contribution >= 4 is 5.97 Å². The molecule has 0 bridgehead atoms. The van der Waals surface area contributed by atoms with Gasteiger partial charge in [-0.15, -0.1) is 0 Å². The van der Waals surface area contributed by atoms with Crippen LogP contribution in [0, 0.1) is 0 Å². The highest BCUT2D eigenvalue weighted by Gasteiger charge is 2.15. The van der Waals surface area contributed by atoms with Crippen LogP contribution in [0.15, 0.2) is 36.4 Å². The van der Waals surface area contributed by atoms with Crippen molar-refractivity contribution in [2.45, 2.75) is 13.2 Å². The number of rotatable bonds is 4. The fourth-order valence-corrected chi connectivity index (χ4v) is 1.69. The standard InChI is InChI=1S/C13H14N2O3/c1-18-13(17)12-7-11(9-16)14-15(12)8-10-5-3-2-4-6-10/h2-7,16H,8-9H2,1H3. The minimum Gasteiger partial charge on any atom is -0.464 e. The van der Waals surface area contributed by atoms with Crippen molar-refractivity contribution < 1.29 is 14.6 Å². The first kappa shape index (κ1) is 12.3. The Kier molecular flexibility index (Phi) is 3.74. The third-order valence-electron chi connectivity index (χ3n) is 2.56. The predicted molar refractivity (Wildman–Crippen MR) is 65.0 cm³/mol. The molecule has 0 saturated carbocycles. The van der Waals surface area contributed by atoms with Gasteiger partial charge in [-0.25, -0.2) is 4.79 Å². The van der Waals surface area contributed by atoms with E-state index in [0.717, 1.165) is 5.56 Å². The van der Waals surface area contributed by atoms with Crippen LogP contribution in [-0.2, 0) is 17.9 Å². The van der Waals surface area contributed by atoms with Crippen LogP contribution in [0.1, 0.15) is 21.7 Å². The van der Waals surface area contributed by atoms with E-state index in [1.807, 2.05) is 30.3 Å². The van der Waals surface area contributed by atoms with Gasteiger partial charge in [0.2, 0.25) is 0 Å². The average molecular weight is 246 g/mol. The van der Waals surface area contributed by atoms with Crippen molar-refractivity contribution in [3.63, 3.8) is 0 Å². The summed E-state index contributed by atoms with van der Waals surface area (Å²) in [6.07, 6.45) is 0. The van der Waals surface area contributed by atoms with Gasteiger partial charge in [0.1, 0.15) is 5.69 Å². The van der Waals surface area contributed by atoms with E-state index in [1.165, 1.54) is 17.9 Å². The fraction of sp³-hybridized carbons (Fsp3) is 0.231. The van der Waals surface area contributed by atoms with E-state index in [0.29, 0.717) is 17.9 Å². The Labute approximate surface area is 105 Å². The monoisotopic (exact) mass is 246 g/mol. The summed E-state index contributed by atoms with van der Waals surface area (Å²) in [7, 11) is 1.32. The van der Waals surface area contributed by atoms with Crippen LogP contribution in [0.2, 0.25) is 0 Å². The van der Waals surface area contributed by atoms with Gasteiger partial charge in [0, 0.05) is 0 Å². The van der Waals surface area contributed by atoms with Gasteiger partial charge in [-0.2, -0.15) is 5.10 Å². The fourth-order valence-electron chi connectivity index (χ4n) is 1.69. The van der Waals surface area contributed by atoms with Gasteiger partial charge in [-0.1, -0.05) is 30.3 Å². The maximum Gasteiger partial charge on any atom is 0.356 e. The number of aliphatic hydroxyl groups is 1. The largest absolute Gasteiger partial charge is 0.464 e. The third-order valence-corrected chi connectivity index (χ3v) is 2.56. The number of hydrogen-bond acceptors (Lipinski definition) is 4. The van der Waals surface area contributed by atoms with E-state index < -0.39 is 5.97 Å². The summed E-state index contributed by atoms with van der Waals surface area (Å²) in [5.41, 5.74) is 1.81. The minimum atomic E-state index is -0.460. The number of hydrogen-bond donors (Lipinski definition) is 1. The molecule has 1 aromatic heterocycles. The van der Waals surface area contributed by atoms with Crippen LogP contribution in [0.25, 0.3) is 0 Å². The first-order chi connectivity index (χ1) is 8.74. The molecule has 0 saturated heterocycles.